The number of aryl methyl sites for hydroxylation is 2. The molecule has 33 heavy (non-hydrogen) atoms. The molecule has 1 aromatic carbocycles. The minimum atomic E-state index is -0.107. The summed E-state index contributed by atoms with van der Waals surface area (Å²) >= 11 is 0. The number of tetrazole rings is 1. The van der Waals surface area contributed by atoms with Gasteiger partial charge in [-0.2, -0.15) is 0 Å². The summed E-state index contributed by atoms with van der Waals surface area (Å²) < 4.78 is 2.00. The van der Waals surface area contributed by atoms with E-state index in [0.29, 0.717) is 24.7 Å². The molecular weight excluding hydrogens is 416 g/mol. The van der Waals surface area contributed by atoms with E-state index >= 15 is 0 Å². The van der Waals surface area contributed by atoms with Crippen LogP contribution in [0.4, 0.5) is 0 Å². The lowest BCUT2D eigenvalue weighted by Gasteiger charge is -2.34. The smallest absolute Gasteiger partial charge is 0.252 e. The molecule has 178 valence electrons. The van der Waals surface area contributed by atoms with Gasteiger partial charge in [-0.05, 0) is 77.7 Å². The van der Waals surface area contributed by atoms with E-state index in [0.717, 1.165) is 35.1 Å². The number of nitrogens with zero attached hydrogens (tertiary/aromatic N) is 5. The number of benzene rings is 1. The van der Waals surface area contributed by atoms with Gasteiger partial charge in [-0.3, -0.25) is 9.69 Å². The first kappa shape index (κ1) is 23.6. The lowest BCUT2D eigenvalue weighted by molar-refractivity contribution is 0.103. The van der Waals surface area contributed by atoms with Crippen LogP contribution < -0.4 is 5.56 Å². The summed E-state index contributed by atoms with van der Waals surface area (Å²) in [5, 5.41) is 23.7. The molecule has 0 unspecified atom stereocenters. The van der Waals surface area contributed by atoms with Crippen molar-refractivity contribution in [3.05, 3.63) is 51.1 Å². The number of pyridine rings is 1. The Morgan fingerprint density at radius 1 is 1.15 bits per heavy atom. The third-order valence-electron chi connectivity index (χ3n) is 7.02. The Morgan fingerprint density at radius 3 is 2.58 bits per heavy atom. The van der Waals surface area contributed by atoms with Crippen LogP contribution in [0.15, 0.2) is 23.0 Å². The zero-order valence-corrected chi connectivity index (χ0v) is 20.2. The largest absolute Gasteiger partial charge is 0.395 e. The van der Waals surface area contributed by atoms with Gasteiger partial charge in [0, 0.05) is 24.2 Å². The van der Waals surface area contributed by atoms with Crippen molar-refractivity contribution in [3.8, 4) is 0 Å². The van der Waals surface area contributed by atoms with Crippen LogP contribution in [-0.4, -0.2) is 48.3 Å². The van der Waals surface area contributed by atoms with Crippen molar-refractivity contribution in [2.24, 2.45) is 5.92 Å². The predicted molar refractivity (Wildman–Crippen MR) is 129 cm³/mol. The number of H-pyrrole nitrogens is 1. The van der Waals surface area contributed by atoms with E-state index in [1.165, 1.54) is 24.8 Å². The Kier molecular flexibility index (Phi) is 7.24. The molecule has 1 fully saturated rings. The van der Waals surface area contributed by atoms with Gasteiger partial charge < -0.3 is 10.1 Å². The van der Waals surface area contributed by atoms with Crippen molar-refractivity contribution < 1.29 is 5.11 Å². The Hall–Kier alpha value is -2.58. The highest BCUT2D eigenvalue weighted by atomic mass is 16.3. The normalized spacial score (nSPS) is 16.2. The fourth-order valence-electron chi connectivity index (χ4n) is 5.17. The molecule has 4 rings (SSSR count). The molecule has 8 heteroatoms. The molecule has 8 nitrogen and oxygen atoms in total. The molecule has 1 saturated carbocycles. The average molecular weight is 453 g/mol. The number of fused-ring (bicyclic) bond motifs is 1. The number of hydrogen-bond donors (Lipinski definition) is 2. The van der Waals surface area contributed by atoms with E-state index in [1.807, 2.05) is 23.7 Å². The highest BCUT2D eigenvalue weighted by Crippen LogP contribution is 2.33. The molecule has 0 saturated heterocycles. The van der Waals surface area contributed by atoms with Crippen LogP contribution in [0.1, 0.15) is 80.6 Å². The Bertz CT molecular complexity index is 1150. The summed E-state index contributed by atoms with van der Waals surface area (Å²) in [4.78, 5) is 18.2. The Balaban J connectivity index is 1.70. The fraction of sp³-hybridized carbons (Fsp3) is 0.600. The molecule has 2 aromatic heterocycles. The molecule has 0 radical (unpaired) electrons. The standard InChI is InChI=1S/C25H36N6O2/c1-16(2)23(24-27-28-29-31(24)21-8-6-5-7-9-21)30(10-11-32)15-20-14-19-12-17(3)18(4)13-22(19)26-25(20)33/h12-14,16,21,23,32H,5-11,15H2,1-4H3,(H,26,33)/t23-/m0/s1. The number of rotatable bonds is 8. The highest BCUT2D eigenvalue weighted by molar-refractivity contribution is 5.80. The lowest BCUT2D eigenvalue weighted by atomic mass is 9.94. The number of aliphatic hydroxyl groups is 1. The second-order valence-corrected chi connectivity index (χ2v) is 9.80. The van der Waals surface area contributed by atoms with Gasteiger partial charge in [-0.15, -0.1) is 5.10 Å². The molecule has 1 aliphatic carbocycles. The van der Waals surface area contributed by atoms with E-state index in [1.54, 1.807) is 0 Å². The molecule has 0 aliphatic heterocycles. The zero-order valence-electron chi connectivity index (χ0n) is 20.2. The van der Waals surface area contributed by atoms with Gasteiger partial charge >= 0.3 is 0 Å². The zero-order chi connectivity index (χ0) is 23.5. The highest BCUT2D eigenvalue weighted by Gasteiger charge is 2.32. The monoisotopic (exact) mass is 452 g/mol. The van der Waals surface area contributed by atoms with Crippen molar-refractivity contribution in [1.29, 1.82) is 0 Å². The summed E-state index contributed by atoms with van der Waals surface area (Å²) in [6, 6.07) is 6.33. The molecule has 1 aliphatic rings. The maximum absolute atomic E-state index is 13.0. The van der Waals surface area contributed by atoms with Gasteiger partial charge in [0.1, 0.15) is 0 Å². The molecule has 0 spiro atoms. The Labute approximate surface area is 195 Å². The van der Waals surface area contributed by atoms with E-state index in [2.05, 4.69) is 52.2 Å². The molecule has 2 heterocycles. The third kappa shape index (κ3) is 5.01. The number of nitrogens with one attached hydrogen (secondary N) is 1. The summed E-state index contributed by atoms with van der Waals surface area (Å²) in [6.07, 6.45) is 5.84. The second kappa shape index (κ2) is 10.1. The van der Waals surface area contributed by atoms with E-state index in [9.17, 15) is 9.90 Å². The molecule has 0 amide bonds. The Morgan fingerprint density at radius 2 is 1.88 bits per heavy atom. The summed E-state index contributed by atoms with van der Waals surface area (Å²) in [6.45, 7) is 9.27. The summed E-state index contributed by atoms with van der Waals surface area (Å²) in [5.41, 5.74) is 3.79. The van der Waals surface area contributed by atoms with Crippen molar-refractivity contribution in [2.75, 3.05) is 13.2 Å². The van der Waals surface area contributed by atoms with E-state index in [4.69, 9.17) is 0 Å². The van der Waals surface area contributed by atoms with Crippen molar-refractivity contribution in [1.82, 2.24) is 30.1 Å². The van der Waals surface area contributed by atoms with Gasteiger partial charge in [-0.1, -0.05) is 33.1 Å². The van der Waals surface area contributed by atoms with Crippen LogP contribution in [0.3, 0.4) is 0 Å². The molecule has 3 aromatic rings. The van der Waals surface area contributed by atoms with Gasteiger partial charge in [0.15, 0.2) is 5.82 Å². The topological polar surface area (TPSA) is 99.9 Å². The van der Waals surface area contributed by atoms with E-state index in [-0.39, 0.29) is 24.1 Å². The van der Waals surface area contributed by atoms with E-state index < -0.39 is 0 Å². The number of aliphatic hydroxyl groups excluding tert-OH is 1. The van der Waals surface area contributed by atoms with Crippen molar-refractivity contribution >= 4 is 10.9 Å². The van der Waals surface area contributed by atoms with Gasteiger partial charge in [0.2, 0.25) is 0 Å². The summed E-state index contributed by atoms with van der Waals surface area (Å²) in [5.74, 6) is 1.03. The average Bonchev–Trinajstić information content (AvgIpc) is 3.25. The van der Waals surface area contributed by atoms with Crippen molar-refractivity contribution in [3.63, 3.8) is 0 Å². The van der Waals surface area contributed by atoms with Gasteiger partial charge in [-0.25, -0.2) is 4.68 Å². The fourth-order valence-corrected chi connectivity index (χ4v) is 5.17. The van der Waals surface area contributed by atoms with Crippen LogP contribution in [0.5, 0.6) is 0 Å². The minimum Gasteiger partial charge on any atom is -0.395 e. The maximum Gasteiger partial charge on any atom is 0.252 e. The number of aromatic nitrogens is 5. The predicted octanol–water partition coefficient (Wildman–Crippen LogP) is 3.83. The first-order valence-electron chi connectivity index (χ1n) is 12.1. The first-order chi connectivity index (χ1) is 15.9. The number of aromatic amines is 1. The second-order valence-electron chi connectivity index (χ2n) is 9.80. The van der Waals surface area contributed by atoms with Crippen LogP contribution in [-0.2, 0) is 6.54 Å². The van der Waals surface area contributed by atoms with Crippen LogP contribution in [0, 0.1) is 19.8 Å². The molecule has 0 bridgehead atoms. The van der Waals surface area contributed by atoms with Gasteiger partial charge in [0.25, 0.3) is 5.56 Å². The molecule has 1 atom stereocenters. The van der Waals surface area contributed by atoms with Crippen LogP contribution in [0.25, 0.3) is 10.9 Å². The van der Waals surface area contributed by atoms with Crippen LogP contribution >= 0.6 is 0 Å². The van der Waals surface area contributed by atoms with Crippen LogP contribution in [0.2, 0.25) is 0 Å². The van der Waals surface area contributed by atoms with Gasteiger partial charge in [0.05, 0.1) is 18.7 Å². The third-order valence-corrected chi connectivity index (χ3v) is 7.02. The minimum absolute atomic E-state index is 0.00198. The SMILES string of the molecule is Cc1cc2cc(CN(CCO)[C@H](c3nnnn3C3CCCCC3)C(C)C)c(=O)[nH]c2cc1C. The summed E-state index contributed by atoms with van der Waals surface area (Å²) in [7, 11) is 0. The lowest BCUT2D eigenvalue weighted by Crippen LogP contribution is -2.38. The molecule has 2 N–H and O–H groups in total. The first-order valence-corrected chi connectivity index (χ1v) is 12.1. The number of hydrogen-bond acceptors (Lipinski definition) is 6. The quantitative estimate of drug-likeness (QED) is 0.539. The molecular formula is C25H36N6O2. The maximum atomic E-state index is 13.0. The van der Waals surface area contributed by atoms with Crippen molar-refractivity contribution in [2.45, 2.75) is 78.4 Å².